The SMILES string of the molecule is C=CC(=O)OCC[N+](CCCC(=O)O)(CCOC(=O)C=C)CCOC(=O)C=C. The summed E-state index contributed by atoms with van der Waals surface area (Å²) in [6, 6.07) is 0. The van der Waals surface area contributed by atoms with Crippen LogP contribution in [0.5, 0.6) is 0 Å². The maximum absolute atomic E-state index is 11.3. The average Bonchev–Trinajstić information content (AvgIpc) is 2.66. The van der Waals surface area contributed by atoms with Crippen molar-refractivity contribution in [2.75, 3.05) is 46.0 Å². The summed E-state index contributed by atoms with van der Waals surface area (Å²) in [6.45, 7) is 11.4. The van der Waals surface area contributed by atoms with E-state index in [1.54, 1.807) is 0 Å². The highest BCUT2D eigenvalue weighted by molar-refractivity contribution is 5.81. The number of carbonyl (C=O) groups is 4. The Balaban J connectivity index is 5.16. The van der Waals surface area contributed by atoms with Crippen LogP contribution in [-0.2, 0) is 33.4 Å². The summed E-state index contributed by atoms with van der Waals surface area (Å²) in [5.41, 5.74) is 0. The van der Waals surface area contributed by atoms with Crippen LogP contribution in [0.25, 0.3) is 0 Å². The van der Waals surface area contributed by atoms with Crippen molar-refractivity contribution >= 4 is 23.9 Å². The van der Waals surface area contributed by atoms with E-state index in [4.69, 9.17) is 19.3 Å². The van der Waals surface area contributed by atoms with E-state index in [0.29, 0.717) is 32.6 Å². The Morgan fingerprint density at radius 1 is 0.714 bits per heavy atom. The maximum Gasteiger partial charge on any atom is 0.330 e. The third-order valence-electron chi connectivity index (χ3n) is 3.95. The summed E-state index contributed by atoms with van der Waals surface area (Å²) < 4.78 is 15.3. The Labute approximate surface area is 164 Å². The lowest BCUT2D eigenvalue weighted by Gasteiger charge is -2.38. The first-order valence-electron chi connectivity index (χ1n) is 8.73. The number of aliphatic carboxylic acids is 1. The summed E-state index contributed by atoms with van der Waals surface area (Å²) in [6.07, 6.45) is 3.41. The Morgan fingerprint density at radius 3 is 1.36 bits per heavy atom. The molecule has 0 atom stereocenters. The molecule has 0 aromatic rings. The molecule has 1 N–H and O–H groups in total. The second kappa shape index (κ2) is 14.2. The number of hydrogen-bond acceptors (Lipinski definition) is 7. The molecule has 9 nitrogen and oxygen atoms in total. The third kappa shape index (κ3) is 11.6. The monoisotopic (exact) mass is 398 g/mol. The molecule has 0 aromatic carbocycles. The van der Waals surface area contributed by atoms with Gasteiger partial charge in [-0.3, -0.25) is 4.79 Å². The Kier molecular flexibility index (Phi) is 12.7. The fourth-order valence-corrected chi connectivity index (χ4v) is 2.43. The lowest BCUT2D eigenvalue weighted by molar-refractivity contribution is -0.928. The molecule has 0 unspecified atom stereocenters. The summed E-state index contributed by atoms with van der Waals surface area (Å²) in [7, 11) is 0. The zero-order valence-electron chi connectivity index (χ0n) is 16.0. The van der Waals surface area contributed by atoms with Crippen molar-refractivity contribution in [2.24, 2.45) is 0 Å². The molecule has 0 heterocycles. The van der Waals surface area contributed by atoms with Gasteiger partial charge in [0.2, 0.25) is 0 Å². The number of carbonyl (C=O) groups excluding carboxylic acids is 3. The van der Waals surface area contributed by atoms with Crippen LogP contribution in [0, 0.1) is 0 Å². The number of carboxylic acids is 1. The van der Waals surface area contributed by atoms with Crippen molar-refractivity contribution in [3.63, 3.8) is 0 Å². The summed E-state index contributed by atoms with van der Waals surface area (Å²) >= 11 is 0. The number of rotatable bonds is 16. The molecule has 0 saturated carbocycles. The molecule has 0 spiro atoms. The van der Waals surface area contributed by atoms with Gasteiger partial charge in [0.1, 0.15) is 39.5 Å². The molecule has 0 aliphatic rings. The highest BCUT2D eigenvalue weighted by atomic mass is 16.5. The van der Waals surface area contributed by atoms with Crippen molar-refractivity contribution in [3.05, 3.63) is 38.0 Å². The van der Waals surface area contributed by atoms with Gasteiger partial charge in [-0.25, -0.2) is 14.4 Å². The van der Waals surface area contributed by atoms with Crippen LogP contribution in [0.15, 0.2) is 38.0 Å². The van der Waals surface area contributed by atoms with Crippen LogP contribution in [0.3, 0.4) is 0 Å². The molecule has 9 heteroatoms. The normalized spacial score (nSPS) is 10.4. The van der Waals surface area contributed by atoms with Gasteiger partial charge in [-0.05, 0) is 0 Å². The van der Waals surface area contributed by atoms with Crippen LogP contribution in [-0.4, -0.2) is 79.5 Å². The van der Waals surface area contributed by atoms with E-state index >= 15 is 0 Å². The number of carboxylic acid groups (broad SMARTS) is 1. The summed E-state index contributed by atoms with van der Waals surface area (Å²) in [5.74, 6) is -2.69. The van der Waals surface area contributed by atoms with Crippen molar-refractivity contribution < 1.29 is 43.0 Å². The van der Waals surface area contributed by atoms with Gasteiger partial charge in [0.25, 0.3) is 0 Å². The second-order valence-electron chi connectivity index (χ2n) is 5.85. The number of esters is 3. The predicted molar refractivity (Wildman–Crippen MR) is 100 cm³/mol. The van der Waals surface area contributed by atoms with E-state index in [1.807, 2.05) is 0 Å². The molecular weight excluding hydrogens is 370 g/mol. The van der Waals surface area contributed by atoms with Gasteiger partial charge in [-0.1, -0.05) is 19.7 Å². The zero-order valence-corrected chi connectivity index (χ0v) is 16.0. The van der Waals surface area contributed by atoms with Crippen molar-refractivity contribution in [3.8, 4) is 0 Å². The van der Waals surface area contributed by atoms with E-state index in [9.17, 15) is 19.2 Å². The Bertz CT molecular complexity index is 520. The first-order valence-corrected chi connectivity index (χ1v) is 8.73. The molecule has 28 heavy (non-hydrogen) atoms. The highest BCUT2D eigenvalue weighted by Crippen LogP contribution is 2.11. The first kappa shape index (κ1) is 25.1. The number of ether oxygens (including phenoxy) is 3. The standard InChI is InChI=1S/C19H27NO8/c1-4-17(23)26-13-10-20(9-7-8-16(21)22,11-14-27-18(24)5-2)12-15-28-19(25)6-3/h4-6H,1-3,7-15H2/p+1. The van der Waals surface area contributed by atoms with E-state index in [-0.39, 0.29) is 30.7 Å². The topological polar surface area (TPSA) is 116 Å². The molecule has 0 saturated heterocycles. The molecule has 0 aliphatic heterocycles. The van der Waals surface area contributed by atoms with Crippen LogP contribution < -0.4 is 0 Å². The van der Waals surface area contributed by atoms with Gasteiger partial charge in [-0.2, -0.15) is 0 Å². The molecule has 0 fully saturated rings. The highest BCUT2D eigenvalue weighted by Gasteiger charge is 2.28. The first-order chi connectivity index (χ1) is 13.3. The van der Waals surface area contributed by atoms with Crippen LogP contribution in [0.4, 0.5) is 0 Å². The minimum Gasteiger partial charge on any atom is -0.481 e. The van der Waals surface area contributed by atoms with Gasteiger partial charge in [0, 0.05) is 24.6 Å². The molecular formula is C19H28NO8+. The molecule has 0 rings (SSSR count). The van der Waals surface area contributed by atoms with Crippen LogP contribution >= 0.6 is 0 Å². The molecule has 0 radical (unpaired) electrons. The van der Waals surface area contributed by atoms with E-state index in [1.165, 1.54) is 0 Å². The fraction of sp³-hybridized carbons (Fsp3) is 0.474. The lowest BCUT2D eigenvalue weighted by Crippen LogP contribution is -2.54. The molecule has 0 bridgehead atoms. The van der Waals surface area contributed by atoms with E-state index in [2.05, 4.69) is 19.7 Å². The van der Waals surface area contributed by atoms with Gasteiger partial charge < -0.3 is 23.8 Å². The number of quaternary nitrogens is 1. The number of nitrogens with zero attached hydrogens (tertiary/aromatic N) is 1. The molecule has 156 valence electrons. The fourth-order valence-electron chi connectivity index (χ4n) is 2.43. The Hall–Kier alpha value is -2.94. The smallest absolute Gasteiger partial charge is 0.330 e. The van der Waals surface area contributed by atoms with Crippen LogP contribution in [0.2, 0.25) is 0 Å². The van der Waals surface area contributed by atoms with Crippen molar-refractivity contribution in [1.82, 2.24) is 0 Å². The lowest BCUT2D eigenvalue weighted by atomic mass is 10.2. The molecule has 0 amide bonds. The number of hydrogen-bond donors (Lipinski definition) is 1. The van der Waals surface area contributed by atoms with E-state index < -0.39 is 23.9 Å². The predicted octanol–water partition coefficient (Wildman–Crippen LogP) is 0.856. The summed E-state index contributed by atoms with van der Waals surface area (Å²) in [5, 5.41) is 8.90. The van der Waals surface area contributed by atoms with Crippen molar-refractivity contribution in [1.29, 1.82) is 0 Å². The quantitative estimate of drug-likeness (QED) is 0.176. The minimum absolute atomic E-state index is 0.0444. The van der Waals surface area contributed by atoms with Crippen molar-refractivity contribution in [2.45, 2.75) is 12.8 Å². The third-order valence-corrected chi connectivity index (χ3v) is 3.95. The van der Waals surface area contributed by atoms with Gasteiger partial charge >= 0.3 is 23.9 Å². The van der Waals surface area contributed by atoms with Gasteiger partial charge in [0.15, 0.2) is 0 Å². The minimum atomic E-state index is -0.938. The molecule has 0 aromatic heterocycles. The largest absolute Gasteiger partial charge is 0.481 e. The maximum atomic E-state index is 11.3. The van der Waals surface area contributed by atoms with Gasteiger partial charge in [-0.15, -0.1) is 0 Å². The second-order valence-corrected chi connectivity index (χ2v) is 5.85. The molecule has 0 aliphatic carbocycles. The summed E-state index contributed by atoms with van der Waals surface area (Å²) in [4.78, 5) is 44.8. The van der Waals surface area contributed by atoms with E-state index in [0.717, 1.165) is 18.2 Å². The van der Waals surface area contributed by atoms with Gasteiger partial charge in [0.05, 0.1) is 13.0 Å². The Morgan fingerprint density at radius 2 is 1.07 bits per heavy atom. The average molecular weight is 398 g/mol. The zero-order chi connectivity index (χ0) is 21.4. The van der Waals surface area contributed by atoms with Crippen LogP contribution in [0.1, 0.15) is 12.8 Å².